The maximum atomic E-state index is 12.4. The molecule has 0 bridgehead atoms. The smallest absolute Gasteiger partial charge is 0.253 e. The molecule has 0 aliphatic carbocycles. The first-order valence-corrected chi connectivity index (χ1v) is 12.2. The fraction of sp³-hybridized carbons (Fsp3) is 0.267. The summed E-state index contributed by atoms with van der Waals surface area (Å²) in [6, 6.07) is 21.1. The molecule has 1 fully saturated rings. The number of carbonyl (C=O) groups is 1. The van der Waals surface area contributed by atoms with Crippen LogP contribution in [0.3, 0.4) is 0 Å². The molecule has 188 valence electrons. The van der Waals surface area contributed by atoms with E-state index in [2.05, 4.69) is 6.07 Å². The van der Waals surface area contributed by atoms with E-state index in [0.717, 1.165) is 34.9 Å². The topological polar surface area (TPSA) is 84.9 Å². The van der Waals surface area contributed by atoms with Crippen LogP contribution in [0.1, 0.15) is 28.8 Å². The van der Waals surface area contributed by atoms with Crippen molar-refractivity contribution in [3.63, 3.8) is 0 Å². The lowest BCUT2D eigenvalue weighted by Crippen LogP contribution is -2.26. The molecule has 5 rings (SSSR count). The van der Waals surface area contributed by atoms with Gasteiger partial charge in [-0.1, -0.05) is 24.3 Å². The van der Waals surface area contributed by atoms with Crippen molar-refractivity contribution in [1.82, 2.24) is 4.90 Å². The Morgan fingerprint density at radius 2 is 1.81 bits per heavy atom. The first-order chi connectivity index (χ1) is 18.0. The summed E-state index contributed by atoms with van der Waals surface area (Å²) in [5.74, 6) is 1.66. The third kappa shape index (κ3) is 4.89. The lowest BCUT2D eigenvalue weighted by atomic mass is 10.0. The molecule has 4 aromatic rings. The Morgan fingerprint density at radius 1 is 1.00 bits per heavy atom. The van der Waals surface area contributed by atoms with Crippen molar-refractivity contribution in [2.24, 2.45) is 0 Å². The second-order valence-corrected chi connectivity index (χ2v) is 9.20. The highest BCUT2D eigenvalue weighted by molar-refractivity contribution is 5.97. The molecule has 2 heterocycles. The highest BCUT2D eigenvalue weighted by Gasteiger charge is 2.20. The molecule has 0 N–H and O–H groups in total. The number of nitriles is 1. The van der Waals surface area contributed by atoms with Gasteiger partial charge in [0, 0.05) is 43.5 Å². The summed E-state index contributed by atoms with van der Waals surface area (Å²) < 4.78 is 23.5. The molecule has 0 saturated carbocycles. The molecule has 1 aliphatic rings. The molecule has 3 aromatic carbocycles. The Kier molecular flexibility index (Phi) is 6.85. The van der Waals surface area contributed by atoms with Crippen LogP contribution in [0.5, 0.6) is 11.5 Å². The average Bonchev–Trinajstić information content (AvgIpc) is 3.37. The number of nitrogens with zero attached hydrogens (tertiary/aromatic N) is 2. The van der Waals surface area contributed by atoms with Gasteiger partial charge >= 0.3 is 0 Å². The summed E-state index contributed by atoms with van der Waals surface area (Å²) in [4.78, 5) is 13.9. The molecule has 0 radical (unpaired) electrons. The number of hydrogen-bond donors (Lipinski definition) is 0. The Hall–Kier alpha value is -4.28. The summed E-state index contributed by atoms with van der Waals surface area (Å²) in [6.07, 6.45) is 1.68. The van der Waals surface area contributed by atoms with Crippen molar-refractivity contribution in [3.8, 4) is 40.0 Å². The van der Waals surface area contributed by atoms with Crippen molar-refractivity contribution < 1.29 is 23.4 Å². The Labute approximate surface area is 215 Å². The molecule has 0 atom stereocenters. The molecule has 1 aromatic heterocycles. The van der Waals surface area contributed by atoms with Crippen LogP contribution in [0.25, 0.3) is 33.4 Å². The van der Waals surface area contributed by atoms with E-state index in [1.807, 2.05) is 48.5 Å². The van der Waals surface area contributed by atoms with Gasteiger partial charge in [-0.05, 0) is 42.0 Å². The van der Waals surface area contributed by atoms with Crippen molar-refractivity contribution in [3.05, 3.63) is 71.8 Å². The van der Waals surface area contributed by atoms with Crippen LogP contribution in [-0.2, 0) is 4.74 Å². The van der Waals surface area contributed by atoms with Crippen molar-refractivity contribution in [1.29, 1.82) is 5.26 Å². The lowest BCUT2D eigenvalue weighted by Gasteiger charge is -2.23. The number of benzene rings is 3. The predicted molar refractivity (Wildman–Crippen MR) is 141 cm³/mol. The van der Waals surface area contributed by atoms with Crippen LogP contribution in [0, 0.1) is 11.3 Å². The maximum Gasteiger partial charge on any atom is 0.253 e. The first-order valence-electron chi connectivity index (χ1n) is 12.2. The van der Waals surface area contributed by atoms with Gasteiger partial charge < -0.3 is 23.5 Å². The first kappa shape index (κ1) is 24.4. The number of fused-ring (bicyclic) bond motifs is 1. The van der Waals surface area contributed by atoms with Gasteiger partial charge in [0.15, 0.2) is 0 Å². The minimum Gasteiger partial charge on any atom is -0.496 e. The second kappa shape index (κ2) is 10.4. The van der Waals surface area contributed by atoms with E-state index in [0.29, 0.717) is 47.2 Å². The van der Waals surface area contributed by atoms with Crippen LogP contribution in [0.4, 0.5) is 0 Å². The number of furan rings is 1. The van der Waals surface area contributed by atoms with E-state index >= 15 is 0 Å². The number of ether oxygens (including phenoxy) is 3. The van der Waals surface area contributed by atoms with Crippen molar-refractivity contribution in [2.45, 2.75) is 18.9 Å². The summed E-state index contributed by atoms with van der Waals surface area (Å²) >= 11 is 0. The van der Waals surface area contributed by atoms with Crippen LogP contribution < -0.4 is 9.47 Å². The molecule has 1 aliphatic heterocycles. The summed E-state index contributed by atoms with van der Waals surface area (Å²) in [5.41, 5.74) is 4.20. The second-order valence-electron chi connectivity index (χ2n) is 9.20. The Bertz CT molecular complexity index is 1490. The highest BCUT2D eigenvalue weighted by atomic mass is 16.5. The fourth-order valence-corrected chi connectivity index (χ4v) is 4.57. The Morgan fingerprint density at radius 3 is 2.54 bits per heavy atom. The summed E-state index contributed by atoms with van der Waals surface area (Å²) in [6.45, 7) is 1.35. The lowest BCUT2D eigenvalue weighted by molar-refractivity contribution is 0.0254. The molecule has 37 heavy (non-hydrogen) atoms. The number of carbonyl (C=O) groups excluding carboxylic acids is 1. The van der Waals surface area contributed by atoms with Crippen LogP contribution in [0.2, 0.25) is 0 Å². The minimum atomic E-state index is -0.103. The molecule has 1 amide bonds. The molecular weight excluding hydrogens is 468 g/mol. The van der Waals surface area contributed by atoms with Gasteiger partial charge in [0.05, 0.1) is 31.5 Å². The monoisotopic (exact) mass is 496 g/mol. The molecule has 1 saturated heterocycles. The maximum absolute atomic E-state index is 12.4. The summed E-state index contributed by atoms with van der Waals surface area (Å²) in [7, 11) is 5.00. The van der Waals surface area contributed by atoms with Gasteiger partial charge in [-0.3, -0.25) is 4.79 Å². The third-order valence-electron chi connectivity index (χ3n) is 6.54. The van der Waals surface area contributed by atoms with E-state index in [1.165, 1.54) is 4.90 Å². The molecule has 7 nitrogen and oxygen atoms in total. The number of methoxy groups -OCH3 is 1. The molecular formula is C30H28N2O5. The molecule has 0 unspecified atom stereocenters. The predicted octanol–water partition coefficient (Wildman–Crippen LogP) is 5.91. The standard InChI is InChI=1S/C30H28N2O5/c1-32(2)30(33)21-7-9-25(27(17-21)34-3)28-16-20-5-4-6-24(29(20)37-28)19-8-10-26(22(15-19)18-31)36-23-11-13-35-14-12-23/h4-10,15-17,23H,11-14H2,1-3H3. The van der Waals surface area contributed by atoms with Gasteiger partial charge in [0.25, 0.3) is 5.91 Å². The van der Waals surface area contributed by atoms with Gasteiger partial charge in [-0.25, -0.2) is 0 Å². The number of hydrogen-bond acceptors (Lipinski definition) is 6. The van der Waals surface area contributed by atoms with E-state index < -0.39 is 0 Å². The van der Waals surface area contributed by atoms with Gasteiger partial charge in [0.1, 0.15) is 35.0 Å². The number of amides is 1. The van der Waals surface area contributed by atoms with Gasteiger partial charge in [-0.15, -0.1) is 0 Å². The quantitative estimate of drug-likeness (QED) is 0.330. The third-order valence-corrected chi connectivity index (χ3v) is 6.54. The largest absolute Gasteiger partial charge is 0.496 e. The zero-order valence-electron chi connectivity index (χ0n) is 21.1. The zero-order valence-corrected chi connectivity index (χ0v) is 21.1. The average molecular weight is 497 g/mol. The summed E-state index contributed by atoms with van der Waals surface area (Å²) in [5, 5.41) is 10.7. The zero-order chi connectivity index (χ0) is 25.9. The van der Waals surface area contributed by atoms with E-state index in [9.17, 15) is 10.1 Å². The number of rotatable bonds is 6. The molecule has 7 heteroatoms. The minimum absolute atomic E-state index is 0.0529. The normalized spacial score (nSPS) is 13.8. The van der Waals surface area contributed by atoms with Crippen LogP contribution >= 0.6 is 0 Å². The van der Waals surface area contributed by atoms with Crippen molar-refractivity contribution >= 4 is 16.9 Å². The fourth-order valence-electron chi connectivity index (χ4n) is 4.57. The number of para-hydroxylation sites is 1. The van der Waals surface area contributed by atoms with Crippen LogP contribution in [0.15, 0.2) is 65.1 Å². The van der Waals surface area contributed by atoms with Gasteiger partial charge in [-0.2, -0.15) is 5.26 Å². The molecule has 0 spiro atoms. The van der Waals surface area contributed by atoms with E-state index in [-0.39, 0.29) is 12.0 Å². The van der Waals surface area contributed by atoms with E-state index in [4.69, 9.17) is 18.6 Å². The highest BCUT2D eigenvalue weighted by Crippen LogP contribution is 2.39. The van der Waals surface area contributed by atoms with Crippen molar-refractivity contribution in [2.75, 3.05) is 34.4 Å². The SMILES string of the molecule is COc1cc(C(=O)N(C)C)ccc1-c1cc2cccc(-c3ccc(OC4CCOCC4)c(C#N)c3)c2o1. The Balaban J connectivity index is 1.51. The van der Waals surface area contributed by atoms with Crippen LogP contribution in [-0.4, -0.2) is 51.3 Å². The van der Waals surface area contributed by atoms with E-state index in [1.54, 1.807) is 33.3 Å². The van der Waals surface area contributed by atoms with Gasteiger partial charge in [0.2, 0.25) is 0 Å².